The Labute approximate surface area is 204 Å². The summed E-state index contributed by atoms with van der Waals surface area (Å²) in [7, 11) is 0. The molecule has 0 amide bonds. The van der Waals surface area contributed by atoms with Gasteiger partial charge >= 0.3 is 5.97 Å². The lowest BCUT2D eigenvalue weighted by molar-refractivity contribution is -0.340. The molecule has 0 spiro atoms. The molecule has 0 unspecified atom stereocenters. The first-order valence-corrected chi connectivity index (χ1v) is 11.7. The average molecular weight is 518 g/mol. The van der Waals surface area contributed by atoms with Crippen molar-refractivity contribution in [3.8, 4) is 0 Å². The van der Waals surface area contributed by atoms with Gasteiger partial charge in [0.1, 0.15) is 48.8 Å². The topological polar surface area (TPSA) is 214 Å². The molecular formula is C22H30O14. The maximum atomic E-state index is 12.2. The van der Waals surface area contributed by atoms with E-state index in [0.717, 1.165) is 0 Å². The predicted octanol–water partition coefficient (Wildman–Crippen LogP) is -4.01. The number of hydrogen-bond donors (Lipinski definition) is 7. The zero-order valence-corrected chi connectivity index (χ0v) is 19.1. The standard InChI is InChI=1S/C22H30O14/c1-6-13(24)15(26)17(28)21(33-6)31-4-7-2-9-12-8(19(30)34-9)5-32-20(11(7)12)36-22-18(29)16(27)14(25)10(3-23)35-22/h2,5-6,9-18,20-29H,3-4H2,1H3/t6-,9+,10+,11+,12-,13-,14+,15+,16-,17+,18+,20-,21+,22-/m0/s1. The molecule has 0 aromatic rings. The van der Waals surface area contributed by atoms with Crippen molar-refractivity contribution in [2.24, 2.45) is 11.8 Å². The van der Waals surface area contributed by atoms with Crippen molar-refractivity contribution >= 4 is 5.97 Å². The van der Waals surface area contributed by atoms with Gasteiger partial charge in [0.15, 0.2) is 12.6 Å². The molecule has 0 aromatic heterocycles. The first-order chi connectivity index (χ1) is 17.1. The molecule has 0 saturated carbocycles. The van der Waals surface area contributed by atoms with Crippen molar-refractivity contribution in [1.82, 2.24) is 0 Å². The van der Waals surface area contributed by atoms with Gasteiger partial charge in [-0.05, 0) is 18.6 Å². The second-order valence-electron chi connectivity index (χ2n) is 9.57. The van der Waals surface area contributed by atoms with Gasteiger partial charge in [0.2, 0.25) is 6.29 Å². The third-order valence-corrected chi connectivity index (χ3v) is 7.35. The summed E-state index contributed by atoms with van der Waals surface area (Å²) in [6.45, 7) is 0.724. The minimum Gasteiger partial charge on any atom is -0.471 e. The van der Waals surface area contributed by atoms with Crippen molar-refractivity contribution in [2.45, 2.75) is 80.7 Å². The Morgan fingerprint density at radius 2 is 1.56 bits per heavy atom. The van der Waals surface area contributed by atoms with E-state index in [1.54, 1.807) is 6.08 Å². The SMILES string of the molecule is C[C@@H]1O[C@@H](OCC2=C[C@H]3OC(=O)C4=CO[C@@H](O[C@@H]5O[C@H](CO)[C@@H](O)[C@H](O)[C@H]5O)[C@H]2[C@@H]43)[C@H](O)[C@H](O)[C@H]1O. The van der Waals surface area contributed by atoms with Crippen LogP contribution >= 0.6 is 0 Å². The lowest BCUT2D eigenvalue weighted by Crippen LogP contribution is -2.60. The van der Waals surface area contributed by atoms with Gasteiger partial charge in [-0.1, -0.05) is 0 Å². The summed E-state index contributed by atoms with van der Waals surface area (Å²) in [5.41, 5.74) is 0.813. The summed E-state index contributed by atoms with van der Waals surface area (Å²) in [6, 6.07) is 0. The summed E-state index contributed by atoms with van der Waals surface area (Å²) in [5, 5.41) is 70.1. The Bertz CT molecular complexity index is 905. The number of carbonyl (C=O) groups is 1. The number of rotatable bonds is 6. The van der Waals surface area contributed by atoms with Crippen LogP contribution in [0.4, 0.5) is 0 Å². The van der Waals surface area contributed by atoms with Crippen LogP contribution in [0, 0.1) is 11.8 Å². The highest BCUT2D eigenvalue weighted by Crippen LogP contribution is 2.49. The fraction of sp³-hybridized carbons (Fsp3) is 0.773. The average Bonchev–Trinajstić information content (AvgIpc) is 3.38. The summed E-state index contributed by atoms with van der Waals surface area (Å²) >= 11 is 0. The Hall–Kier alpha value is -1.69. The molecule has 7 N–H and O–H groups in total. The van der Waals surface area contributed by atoms with Crippen LogP contribution in [-0.4, -0.2) is 129 Å². The summed E-state index contributed by atoms with van der Waals surface area (Å²) < 4.78 is 33.5. The van der Waals surface area contributed by atoms with Crippen molar-refractivity contribution < 1.29 is 69.0 Å². The van der Waals surface area contributed by atoms with Crippen molar-refractivity contribution in [1.29, 1.82) is 0 Å². The summed E-state index contributed by atoms with van der Waals surface area (Å²) in [4.78, 5) is 12.2. The van der Waals surface area contributed by atoms with Crippen LogP contribution in [0.2, 0.25) is 0 Å². The zero-order chi connectivity index (χ0) is 25.9. The third-order valence-electron chi connectivity index (χ3n) is 7.35. The maximum absolute atomic E-state index is 12.2. The number of aliphatic hydroxyl groups is 7. The summed E-state index contributed by atoms with van der Waals surface area (Å²) in [6.07, 6.45) is -12.9. The van der Waals surface area contributed by atoms with Gasteiger partial charge in [-0.25, -0.2) is 4.79 Å². The molecule has 5 rings (SSSR count). The largest absolute Gasteiger partial charge is 0.471 e. The number of esters is 1. The van der Waals surface area contributed by atoms with Crippen LogP contribution in [-0.2, 0) is 33.2 Å². The van der Waals surface area contributed by atoms with Gasteiger partial charge in [-0.15, -0.1) is 0 Å². The van der Waals surface area contributed by atoms with Crippen LogP contribution in [0.25, 0.3) is 0 Å². The maximum Gasteiger partial charge on any atom is 0.338 e. The van der Waals surface area contributed by atoms with E-state index in [-0.39, 0.29) is 12.2 Å². The van der Waals surface area contributed by atoms with Gasteiger partial charge in [0, 0.05) is 5.92 Å². The second kappa shape index (κ2) is 9.89. The fourth-order valence-electron chi connectivity index (χ4n) is 5.26. The molecule has 5 aliphatic rings. The molecular weight excluding hydrogens is 488 g/mol. The predicted molar refractivity (Wildman–Crippen MR) is 111 cm³/mol. The van der Waals surface area contributed by atoms with Crippen LogP contribution in [0.15, 0.2) is 23.5 Å². The minimum absolute atomic E-state index is 0.155. The van der Waals surface area contributed by atoms with Crippen LogP contribution in [0.5, 0.6) is 0 Å². The zero-order valence-electron chi connectivity index (χ0n) is 19.1. The van der Waals surface area contributed by atoms with E-state index in [1.165, 1.54) is 13.2 Å². The van der Waals surface area contributed by atoms with Gasteiger partial charge in [-0.2, -0.15) is 0 Å². The van der Waals surface area contributed by atoms with Gasteiger partial charge < -0.3 is 64.2 Å². The molecule has 0 aromatic carbocycles. The quantitative estimate of drug-likeness (QED) is 0.132. The van der Waals surface area contributed by atoms with Crippen LogP contribution < -0.4 is 0 Å². The molecule has 36 heavy (non-hydrogen) atoms. The third kappa shape index (κ3) is 4.25. The van der Waals surface area contributed by atoms with E-state index in [1.807, 2.05) is 0 Å². The Balaban J connectivity index is 1.33. The molecule has 4 aliphatic heterocycles. The molecule has 14 atom stereocenters. The minimum atomic E-state index is -1.67. The summed E-state index contributed by atoms with van der Waals surface area (Å²) in [5.74, 6) is -1.75. The van der Waals surface area contributed by atoms with E-state index >= 15 is 0 Å². The van der Waals surface area contributed by atoms with Gasteiger partial charge in [0.05, 0.1) is 37.1 Å². The number of carbonyl (C=O) groups excluding carboxylic acids is 1. The molecule has 0 radical (unpaired) electrons. The highest BCUT2D eigenvalue weighted by molar-refractivity contribution is 5.92. The molecule has 202 valence electrons. The van der Waals surface area contributed by atoms with E-state index in [9.17, 15) is 40.5 Å². The van der Waals surface area contributed by atoms with E-state index in [0.29, 0.717) is 5.57 Å². The normalized spacial score (nSPS) is 50.2. The van der Waals surface area contributed by atoms with Crippen LogP contribution in [0.3, 0.4) is 0 Å². The molecule has 14 nitrogen and oxygen atoms in total. The monoisotopic (exact) mass is 518 g/mol. The molecule has 1 aliphatic carbocycles. The first-order valence-electron chi connectivity index (χ1n) is 11.7. The van der Waals surface area contributed by atoms with E-state index in [2.05, 4.69) is 0 Å². The number of aliphatic hydroxyl groups excluding tert-OH is 7. The lowest BCUT2D eigenvalue weighted by atomic mass is 9.84. The second-order valence-corrected chi connectivity index (χ2v) is 9.57. The Kier molecular flexibility index (Phi) is 7.12. The highest BCUT2D eigenvalue weighted by Gasteiger charge is 2.56. The highest BCUT2D eigenvalue weighted by atomic mass is 16.8. The molecule has 3 fully saturated rings. The van der Waals surface area contributed by atoms with Crippen molar-refractivity contribution in [2.75, 3.05) is 13.2 Å². The number of hydrogen-bond acceptors (Lipinski definition) is 14. The lowest BCUT2D eigenvalue weighted by Gasteiger charge is -2.42. The van der Waals surface area contributed by atoms with E-state index < -0.39 is 98.2 Å². The fourth-order valence-corrected chi connectivity index (χ4v) is 5.26. The number of ether oxygens (including phenoxy) is 6. The Morgan fingerprint density at radius 3 is 2.28 bits per heavy atom. The van der Waals surface area contributed by atoms with Crippen molar-refractivity contribution in [3.05, 3.63) is 23.5 Å². The van der Waals surface area contributed by atoms with Gasteiger partial charge in [-0.3, -0.25) is 0 Å². The molecule has 4 heterocycles. The van der Waals surface area contributed by atoms with Crippen molar-refractivity contribution in [3.63, 3.8) is 0 Å². The van der Waals surface area contributed by atoms with E-state index in [4.69, 9.17) is 28.4 Å². The van der Waals surface area contributed by atoms with Crippen LogP contribution in [0.1, 0.15) is 6.92 Å². The molecule has 3 saturated heterocycles. The first kappa shape index (κ1) is 25.9. The Morgan fingerprint density at radius 1 is 0.861 bits per heavy atom. The molecule has 14 heteroatoms. The smallest absolute Gasteiger partial charge is 0.338 e. The van der Waals surface area contributed by atoms with Gasteiger partial charge in [0.25, 0.3) is 0 Å². The molecule has 0 bridgehead atoms.